The Morgan fingerprint density at radius 3 is 2.94 bits per heavy atom. The summed E-state index contributed by atoms with van der Waals surface area (Å²) in [5.41, 5.74) is 1.11. The molecule has 1 aliphatic rings. The number of aliphatic hydroxyl groups excluding tert-OH is 1. The summed E-state index contributed by atoms with van der Waals surface area (Å²) in [4.78, 5) is 2.06. The summed E-state index contributed by atoms with van der Waals surface area (Å²) < 4.78 is 11.4. The normalized spacial score (nSPS) is 14.8. The minimum Gasteiger partial charge on any atom is -0.490 e. The Labute approximate surface area is 102 Å². The summed E-state index contributed by atoms with van der Waals surface area (Å²) >= 11 is 0. The molecule has 0 fully saturated rings. The van der Waals surface area contributed by atoms with Crippen molar-refractivity contribution in [1.29, 1.82) is 0 Å². The zero-order chi connectivity index (χ0) is 12.1. The van der Waals surface area contributed by atoms with E-state index in [0.717, 1.165) is 30.0 Å². The maximum absolute atomic E-state index is 8.90. The van der Waals surface area contributed by atoms with E-state index in [1.165, 1.54) is 0 Å². The van der Waals surface area contributed by atoms with Gasteiger partial charge in [-0.1, -0.05) is 12.1 Å². The zero-order valence-electron chi connectivity index (χ0n) is 10.2. The van der Waals surface area contributed by atoms with E-state index in [-0.39, 0.29) is 6.61 Å². The lowest BCUT2D eigenvalue weighted by Gasteiger charge is -2.18. The van der Waals surface area contributed by atoms with Gasteiger partial charge in [0, 0.05) is 25.1 Å². The number of hydrogen-bond acceptors (Lipinski definition) is 4. The van der Waals surface area contributed by atoms with Crippen LogP contribution in [0.15, 0.2) is 18.2 Å². The molecule has 1 N–H and O–H groups in total. The van der Waals surface area contributed by atoms with Crippen LogP contribution in [0.2, 0.25) is 0 Å². The van der Waals surface area contributed by atoms with E-state index in [9.17, 15) is 0 Å². The first kappa shape index (κ1) is 12.2. The van der Waals surface area contributed by atoms with Crippen LogP contribution >= 0.6 is 0 Å². The Morgan fingerprint density at radius 2 is 2.12 bits per heavy atom. The zero-order valence-corrected chi connectivity index (χ0v) is 10.2. The third-order valence-electron chi connectivity index (χ3n) is 2.78. The van der Waals surface area contributed by atoms with Gasteiger partial charge in [-0.3, -0.25) is 4.90 Å². The minimum atomic E-state index is 0.170. The molecule has 1 aromatic carbocycles. The molecule has 0 spiro atoms. The highest BCUT2D eigenvalue weighted by molar-refractivity contribution is 5.47. The van der Waals surface area contributed by atoms with Crippen LogP contribution in [0.1, 0.15) is 12.0 Å². The molecule has 0 aliphatic carbocycles. The van der Waals surface area contributed by atoms with E-state index in [4.69, 9.17) is 14.6 Å². The average Bonchev–Trinajstić information content (AvgIpc) is 2.55. The van der Waals surface area contributed by atoms with Gasteiger partial charge in [-0.25, -0.2) is 0 Å². The van der Waals surface area contributed by atoms with Crippen molar-refractivity contribution in [3.63, 3.8) is 0 Å². The Hall–Kier alpha value is -1.26. The number of para-hydroxylation sites is 1. The van der Waals surface area contributed by atoms with Crippen LogP contribution in [0.3, 0.4) is 0 Å². The van der Waals surface area contributed by atoms with E-state index < -0.39 is 0 Å². The molecular weight excluding hydrogens is 218 g/mol. The largest absolute Gasteiger partial charge is 0.490 e. The maximum atomic E-state index is 8.90. The van der Waals surface area contributed by atoms with Crippen molar-refractivity contribution < 1.29 is 14.6 Å². The second-order valence-corrected chi connectivity index (χ2v) is 4.26. The van der Waals surface area contributed by atoms with Gasteiger partial charge in [0.05, 0.1) is 19.8 Å². The number of benzene rings is 1. The predicted molar refractivity (Wildman–Crippen MR) is 65.5 cm³/mol. The van der Waals surface area contributed by atoms with Gasteiger partial charge in [0.25, 0.3) is 0 Å². The van der Waals surface area contributed by atoms with Gasteiger partial charge >= 0.3 is 0 Å². The Balaban J connectivity index is 2.16. The predicted octanol–water partition coefficient (Wildman–Crippen LogP) is 1.27. The molecule has 94 valence electrons. The van der Waals surface area contributed by atoms with Crippen LogP contribution in [-0.4, -0.2) is 43.4 Å². The number of fused-ring (bicyclic) bond motifs is 1. The van der Waals surface area contributed by atoms with Gasteiger partial charge in [0.1, 0.15) is 0 Å². The quantitative estimate of drug-likeness (QED) is 0.856. The molecule has 0 amide bonds. The fourth-order valence-corrected chi connectivity index (χ4v) is 1.92. The summed E-state index contributed by atoms with van der Waals surface area (Å²) in [5, 5.41) is 8.90. The van der Waals surface area contributed by atoms with Crippen LogP contribution in [0, 0.1) is 0 Å². The lowest BCUT2D eigenvalue weighted by molar-refractivity contribution is 0.215. The second-order valence-electron chi connectivity index (χ2n) is 4.26. The van der Waals surface area contributed by atoms with Crippen molar-refractivity contribution in [3.8, 4) is 11.5 Å². The molecule has 2 rings (SSSR count). The highest BCUT2D eigenvalue weighted by Gasteiger charge is 2.15. The van der Waals surface area contributed by atoms with Crippen molar-refractivity contribution >= 4 is 0 Å². The second kappa shape index (κ2) is 5.89. The smallest absolute Gasteiger partial charge is 0.165 e. The van der Waals surface area contributed by atoms with Crippen LogP contribution in [-0.2, 0) is 6.54 Å². The molecule has 0 saturated heterocycles. The molecule has 0 bridgehead atoms. The Kier molecular flexibility index (Phi) is 4.23. The molecule has 0 aromatic heterocycles. The highest BCUT2D eigenvalue weighted by atomic mass is 16.5. The first-order valence-corrected chi connectivity index (χ1v) is 5.98. The number of nitrogens with zero attached hydrogens (tertiary/aromatic N) is 1. The molecule has 4 heteroatoms. The van der Waals surface area contributed by atoms with Crippen LogP contribution < -0.4 is 9.47 Å². The minimum absolute atomic E-state index is 0.170. The number of ether oxygens (including phenoxy) is 2. The topological polar surface area (TPSA) is 41.9 Å². The summed E-state index contributed by atoms with van der Waals surface area (Å²) in [6, 6.07) is 5.97. The fourth-order valence-electron chi connectivity index (χ4n) is 1.92. The van der Waals surface area contributed by atoms with E-state index in [0.29, 0.717) is 19.8 Å². The average molecular weight is 237 g/mol. The summed E-state index contributed by atoms with van der Waals surface area (Å²) in [5.74, 6) is 1.69. The van der Waals surface area contributed by atoms with E-state index >= 15 is 0 Å². The third-order valence-corrected chi connectivity index (χ3v) is 2.78. The number of rotatable bonds is 4. The van der Waals surface area contributed by atoms with E-state index in [2.05, 4.69) is 4.90 Å². The number of hydrogen-bond donors (Lipinski definition) is 1. The third kappa shape index (κ3) is 3.11. The SMILES string of the molecule is CN(CCO)Cc1cccc2c1OCCCO2. The van der Waals surface area contributed by atoms with Crippen LogP contribution in [0.25, 0.3) is 0 Å². The van der Waals surface area contributed by atoms with Crippen molar-refractivity contribution in [2.24, 2.45) is 0 Å². The maximum Gasteiger partial charge on any atom is 0.165 e. The first-order chi connectivity index (χ1) is 8.31. The molecular formula is C13H19NO3. The van der Waals surface area contributed by atoms with Gasteiger partial charge in [-0.05, 0) is 13.1 Å². The molecule has 0 unspecified atom stereocenters. The Bertz CT molecular complexity index is 368. The molecule has 0 atom stereocenters. The first-order valence-electron chi connectivity index (χ1n) is 5.98. The van der Waals surface area contributed by atoms with Gasteiger partial charge in [0.15, 0.2) is 11.5 Å². The van der Waals surface area contributed by atoms with Crippen molar-refractivity contribution in [3.05, 3.63) is 23.8 Å². The number of likely N-dealkylation sites (N-methyl/N-ethyl adjacent to an activating group) is 1. The fraction of sp³-hybridized carbons (Fsp3) is 0.538. The molecule has 1 aliphatic heterocycles. The van der Waals surface area contributed by atoms with Gasteiger partial charge in [0.2, 0.25) is 0 Å². The monoisotopic (exact) mass is 237 g/mol. The molecule has 4 nitrogen and oxygen atoms in total. The molecule has 0 saturated carbocycles. The lowest BCUT2D eigenvalue weighted by atomic mass is 10.1. The van der Waals surface area contributed by atoms with Crippen molar-refractivity contribution in [2.75, 3.05) is 33.4 Å². The molecule has 0 radical (unpaired) electrons. The van der Waals surface area contributed by atoms with Crippen molar-refractivity contribution in [1.82, 2.24) is 4.90 Å². The van der Waals surface area contributed by atoms with Crippen molar-refractivity contribution in [2.45, 2.75) is 13.0 Å². The van der Waals surface area contributed by atoms with Crippen LogP contribution in [0.5, 0.6) is 11.5 Å². The summed E-state index contributed by atoms with van der Waals surface area (Å²) in [6.45, 7) is 3.00. The van der Waals surface area contributed by atoms with Gasteiger partial charge in [-0.15, -0.1) is 0 Å². The Morgan fingerprint density at radius 1 is 1.29 bits per heavy atom. The molecule has 1 heterocycles. The van der Waals surface area contributed by atoms with Gasteiger partial charge < -0.3 is 14.6 Å². The molecule has 1 aromatic rings. The van der Waals surface area contributed by atoms with E-state index in [1.54, 1.807) is 0 Å². The van der Waals surface area contributed by atoms with E-state index in [1.807, 2.05) is 25.2 Å². The summed E-state index contributed by atoms with van der Waals surface area (Å²) in [7, 11) is 1.98. The van der Waals surface area contributed by atoms with Gasteiger partial charge in [-0.2, -0.15) is 0 Å². The lowest BCUT2D eigenvalue weighted by Crippen LogP contribution is -2.21. The highest BCUT2D eigenvalue weighted by Crippen LogP contribution is 2.33. The summed E-state index contributed by atoms with van der Waals surface area (Å²) in [6.07, 6.45) is 0.917. The van der Waals surface area contributed by atoms with Crippen LogP contribution in [0.4, 0.5) is 0 Å². The molecule has 17 heavy (non-hydrogen) atoms. The number of aliphatic hydroxyl groups is 1. The standard InChI is InChI=1S/C13H19NO3/c1-14(6-7-15)10-11-4-2-5-12-13(11)17-9-3-8-16-12/h2,4-5,15H,3,6-10H2,1H3.